The highest BCUT2D eigenvalue weighted by Crippen LogP contribution is 2.21. The van der Waals surface area contributed by atoms with Gasteiger partial charge in [-0.3, -0.25) is 4.79 Å². The lowest BCUT2D eigenvalue weighted by Gasteiger charge is -2.19. The first-order chi connectivity index (χ1) is 9.68. The van der Waals surface area contributed by atoms with E-state index in [-0.39, 0.29) is 16.0 Å². The Labute approximate surface area is 123 Å². The molecule has 0 heterocycles. The molecule has 0 aliphatic rings. The number of carbonyl (C=O) groups is 1. The zero-order valence-electron chi connectivity index (χ0n) is 12.2. The number of sulfonamides is 1. The summed E-state index contributed by atoms with van der Waals surface area (Å²) in [5, 5.41) is 5.03. The van der Waals surface area contributed by atoms with Crippen LogP contribution in [-0.2, 0) is 14.8 Å². The highest BCUT2D eigenvalue weighted by Gasteiger charge is 2.22. The molecule has 2 N–H and O–H groups in total. The van der Waals surface area contributed by atoms with Gasteiger partial charge < -0.3 is 9.64 Å². The maximum absolute atomic E-state index is 13.6. The zero-order valence-corrected chi connectivity index (χ0v) is 13.0. The number of hydrogen-bond donors (Lipinski definition) is 1. The lowest BCUT2D eigenvalue weighted by atomic mass is 10.1. The van der Waals surface area contributed by atoms with E-state index in [1.54, 1.807) is 0 Å². The molecule has 0 saturated heterocycles. The maximum Gasteiger partial charge on any atom is 0.254 e. The normalized spacial score (nSPS) is 11.5. The summed E-state index contributed by atoms with van der Waals surface area (Å²) in [4.78, 5) is 13.2. The Balaban J connectivity index is 3.13. The van der Waals surface area contributed by atoms with Crippen LogP contribution in [0.4, 0.5) is 4.39 Å². The van der Waals surface area contributed by atoms with Crippen LogP contribution in [0.2, 0.25) is 0 Å². The van der Waals surface area contributed by atoms with Crippen molar-refractivity contribution in [1.29, 1.82) is 0 Å². The van der Waals surface area contributed by atoms with Crippen molar-refractivity contribution in [2.75, 3.05) is 26.8 Å². The average molecular weight is 318 g/mol. The molecule has 0 spiro atoms. The first-order valence-electron chi connectivity index (χ1n) is 6.34. The third-order valence-corrected chi connectivity index (χ3v) is 4.02. The summed E-state index contributed by atoms with van der Waals surface area (Å²) in [6, 6.07) is 1.81. The number of carbonyl (C=O) groups excluding carboxylic acids is 1. The molecule has 0 aliphatic carbocycles. The number of hydrogen-bond acceptors (Lipinski definition) is 4. The van der Waals surface area contributed by atoms with Gasteiger partial charge in [-0.1, -0.05) is 0 Å². The minimum atomic E-state index is -4.09. The molecular weight excluding hydrogens is 299 g/mol. The van der Waals surface area contributed by atoms with Gasteiger partial charge in [-0.05, 0) is 31.5 Å². The van der Waals surface area contributed by atoms with Crippen molar-refractivity contribution < 1.29 is 22.3 Å². The molecule has 0 atom stereocenters. The molecule has 1 amide bonds. The molecule has 21 heavy (non-hydrogen) atoms. The van der Waals surface area contributed by atoms with Crippen LogP contribution >= 0.6 is 0 Å². The fourth-order valence-corrected chi connectivity index (χ4v) is 2.64. The minimum absolute atomic E-state index is 0.0296. The number of amides is 1. The Bertz CT molecular complexity index is 631. The van der Waals surface area contributed by atoms with Crippen molar-refractivity contribution in [3.63, 3.8) is 0 Å². The number of primary sulfonamides is 1. The van der Waals surface area contributed by atoms with Gasteiger partial charge in [0.15, 0.2) is 0 Å². The quantitative estimate of drug-likeness (QED) is 0.789. The molecule has 0 saturated carbocycles. The molecule has 0 fully saturated rings. The summed E-state index contributed by atoms with van der Waals surface area (Å²) >= 11 is 0. The third-order valence-electron chi connectivity index (χ3n) is 2.98. The van der Waals surface area contributed by atoms with Crippen molar-refractivity contribution in [1.82, 2.24) is 4.90 Å². The lowest BCUT2D eigenvalue weighted by molar-refractivity contribution is 0.0708. The van der Waals surface area contributed by atoms with Crippen LogP contribution in [0.3, 0.4) is 0 Å². The Morgan fingerprint density at radius 2 is 2.05 bits per heavy atom. The van der Waals surface area contributed by atoms with Gasteiger partial charge in [0, 0.05) is 25.8 Å². The van der Waals surface area contributed by atoms with E-state index in [4.69, 9.17) is 9.88 Å². The largest absolute Gasteiger partial charge is 0.380 e. The second-order valence-electron chi connectivity index (χ2n) is 4.55. The molecule has 0 radical (unpaired) electrons. The van der Waals surface area contributed by atoms with E-state index < -0.39 is 21.7 Å². The van der Waals surface area contributed by atoms with Gasteiger partial charge in [-0.25, -0.2) is 17.9 Å². The van der Waals surface area contributed by atoms with Crippen LogP contribution in [0, 0.1) is 12.7 Å². The van der Waals surface area contributed by atoms with Crippen molar-refractivity contribution in [2.45, 2.75) is 18.7 Å². The zero-order chi connectivity index (χ0) is 16.2. The number of nitrogens with two attached hydrogens (primary N) is 1. The van der Waals surface area contributed by atoms with Gasteiger partial charge in [-0.15, -0.1) is 0 Å². The van der Waals surface area contributed by atoms with Crippen molar-refractivity contribution in [3.8, 4) is 0 Å². The molecular formula is C13H19FN2O4S. The molecule has 0 unspecified atom stereocenters. The van der Waals surface area contributed by atoms with Gasteiger partial charge >= 0.3 is 0 Å². The fourth-order valence-electron chi connectivity index (χ4n) is 1.82. The van der Waals surface area contributed by atoms with E-state index in [0.717, 1.165) is 12.1 Å². The molecule has 8 heteroatoms. The molecule has 118 valence electrons. The van der Waals surface area contributed by atoms with E-state index in [9.17, 15) is 17.6 Å². The molecule has 1 aromatic carbocycles. The molecule has 6 nitrogen and oxygen atoms in total. The van der Waals surface area contributed by atoms with Crippen LogP contribution in [0.25, 0.3) is 0 Å². The molecule has 0 aromatic heterocycles. The Kier molecular flexibility index (Phi) is 5.82. The van der Waals surface area contributed by atoms with Gasteiger partial charge in [0.1, 0.15) is 5.82 Å². The molecule has 1 rings (SSSR count). The van der Waals surface area contributed by atoms with Crippen LogP contribution in [0.1, 0.15) is 22.8 Å². The average Bonchev–Trinajstić information content (AvgIpc) is 2.39. The summed E-state index contributed by atoms with van der Waals surface area (Å²) in [5.74, 6) is -1.32. The van der Waals surface area contributed by atoms with Crippen molar-refractivity contribution in [3.05, 3.63) is 29.1 Å². The first-order valence-corrected chi connectivity index (χ1v) is 7.89. The van der Waals surface area contributed by atoms with E-state index in [0.29, 0.717) is 19.8 Å². The number of rotatable bonds is 6. The molecule has 0 bridgehead atoms. The number of nitrogens with zero attached hydrogens (tertiary/aromatic N) is 1. The fraction of sp³-hybridized carbons (Fsp3) is 0.462. The summed E-state index contributed by atoms with van der Waals surface area (Å²) < 4.78 is 41.5. The monoisotopic (exact) mass is 318 g/mol. The predicted molar refractivity (Wildman–Crippen MR) is 76.0 cm³/mol. The van der Waals surface area contributed by atoms with Crippen molar-refractivity contribution in [2.24, 2.45) is 5.14 Å². The van der Waals surface area contributed by atoms with Crippen molar-refractivity contribution >= 4 is 15.9 Å². The van der Waals surface area contributed by atoms with E-state index in [1.165, 1.54) is 18.9 Å². The second kappa shape index (κ2) is 6.97. The summed E-state index contributed by atoms with van der Waals surface area (Å²) in [6.45, 7) is 4.43. The second-order valence-corrected chi connectivity index (χ2v) is 6.07. The Morgan fingerprint density at radius 3 is 2.57 bits per heavy atom. The van der Waals surface area contributed by atoms with E-state index >= 15 is 0 Å². The van der Waals surface area contributed by atoms with Gasteiger partial charge in [0.05, 0.1) is 11.5 Å². The third kappa shape index (κ3) is 4.48. The SMILES string of the molecule is CCOCCN(C)C(=O)c1cc(F)cc(S(N)(=O)=O)c1C. The minimum Gasteiger partial charge on any atom is -0.380 e. The van der Waals surface area contributed by atoms with Crippen LogP contribution in [0.5, 0.6) is 0 Å². The Hall–Kier alpha value is -1.51. The first kappa shape index (κ1) is 17.5. The highest BCUT2D eigenvalue weighted by molar-refractivity contribution is 7.89. The lowest BCUT2D eigenvalue weighted by Crippen LogP contribution is -2.31. The van der Waals surface area contributed by atoms with Gasteiger partial charge in [0.2, 0.25) is 10.0 Å². The number of likely N-dealkylation sites (N-methyl/N-ethyl adjacent to an activating group) is 1. The number of benzene rings is 1. The maximum atomic E-state index is 13.6. The number of ether oxygens (including phenoxy) is 1. The summed E-state index contributed by atoms with van der Waals surface area (Å²) in [5.41, 5.74) is 0.102. The highest BCUT2D eigenvalue weighted by atomic mass is 32.2. The van der Waals surface area contributed by atoms with Crippen LogP contribution in [-0.4, -0.2) is 46.0 Å². The standard InChI is InChI=1S/C13H19FN2O4S/c1-4-20-6-5-16(3)13(17)11-7-10(14)8-12(9(11)2)21(15,18)19/h7-8H,4-6H2,1-3H3,(H2,15,18,19). The molecule has 0 aliphatic heterocycles. The number of halogens is 1. The smallest absolute Gasteiger partial charge is 0.254 e. The topological polar surface area (TPSA) is 89.7 Å². The van der Waals surface area contributed by atoms with E-state index in [1.807, 2.05) is 6.92 Å². The predicted octanol–water partition coefficient (Wildman–Crippen LogP) is 0.890. The summed E-state index contributed by atoms with van der Waals surface area (Å²) in [7, 11) is -2.56. The molecule has 1 aromatic rings. The van der Waals surface area contributed by atoms with Crippen LogP contribution < -0.4 is 5.14 Å². The van der Waals surface area contributed by atoms with Gasteiger partial charge in [0.25, 0.3) is 5.91 Å². The Morgan fingerprint density at radius 1 is 1.43 bits per heavy atom. The van der Waals surface area contributed by atoms with Gasteiger partial charge in [-0.2, -0.15) is 0 Å². The van der Waals surface area contributed by atoms with E-state index in [2.05, 4.69) is 0 Å². The van der Waals surface area contributed by atoms with Crippen LogP contribution in [0.15, 0.2) is 17.0 Å². The summed E-state index contributed by atoms with van der Waals surface area (Å²) in [6.07, 6.45) is 0.